The summed E-state index contributed by atoms with van der Waals surface area (Å²) in [6.07, 6.45) is 5.93. The number of hydrogen-bond acceptors (Lipinski definition) is 9. The maximum Gasteiger partial charge on any atom is 0.303 e. The second kappa shape index (κ2) is 11.3. The fraction of sp³-hybridized carbons (Fsp3) is 0.375. The van der Waals surface area contributed by atoms with Crippen molar-refractivity contribution in [3.63, 3.8) is 0 Å². The Balaban J connectivity index is 1.64. The highest BCUT2D eigenvalue weighted by molar-refractivity contribution is 7.17. The molecule has 1 aromatic heterocycles. The molecule has 0 spiro atoms. The number of aliphatic carboxylic acids is 1. The lowest BCUT2D eigenvalue weighted by Gasteiger charge is -2.35. The van der Waals surface area contributed by atoms with Crippen LogP contribution in [0, 0.1) is 34.0 Å². The predicted octanol–water partition coefficient (Wildman–Crippen LogP) is 5.92. The maximum absolute atomic E-state index is 11.5. The fourth-order valence-corrected chi connectivity index (χ4v) is 6.71. The molecule has 214 valence electrons. The third kappa shape index (κ3) is 5.09. The summed E-state index contributed by atoms with van der Waals surface area (Å²) in [6.45, 7) is 6.51. The molecule has 3 aliphatic rings. The van der Waals surface area contributed by atoms with E-state index in [1.54, 1.807) is 19.9 Å². The first-order valence-corrected chi connectivity index (χ1v) is 14.5. The topological polar surface area (TPSA) is 140 Å². The SMILES string of the molecule is CC1CCc2cc(-c3sc(/C=C/C4=C(C#N)C(=C(C#N)C#N)OC4(C)C)c4c3OCCO4)c(CCC(=O)O)cc2N1C. The summed E-state index contributed by atoms with van der Waals surface area (Å²) in [5.74, 6) is 0.334. The zero-order valence-corrected chi connectivity index (χ0v) is 24.7. The van der Waals surface area contributed by atoms with Crippen molar-refractivity contribution in [1.82, 2.24) is 0 Å². The average Bonchev–Trinajstić information content (AvgIpc) is 3.46. The number of fused-ring (bicyclic) bond motifs is 2. The van der Waals surface area contributed by atoms with Crippen LogP contribution in [0.3, 0.4) is 0 Å². The normalized spacial score (nSPS) is 18.6. The van der Waals surface area contributed by atoms with Gasteiger partial charge < -0.3 is 24.2 Å². The lowest BCUT2D eigenvalue weighted by atomic mass is 9.90. The number of carboxylic acids is 1. The molecule has 0 fully saturated rings. The number of carboxylic acid groups (broad SMARTS) is 1. The molecule has 2 aromatic rings. The number of carbonyl (C=O) groups is 1. The molecule has 0 amide bonds. The molecule has 1 unspecified atom stereocenters. The molecule has 3 aliphatic heterocycles. The lowest BCUT2D eigenvalue weighted by molar-refractivity contribution is -0.136. The third-order valence-corrected chi connectivity index (χ3v) is 9.07. The van der Waals surface area contributed by atoms with Gasteiger partial charge in [0, 0.05) is 30.8 Å². The Kier molecular flexibility index (Phi) is 7.73. The standard InChI is InChI=1S/C32H30N4O5S/c1-18-5-6-20-13-22(19(7-10-27(37)38)14-25(20)36(18)4)31-30-29(39-11-12-40-30)26(42-31)9-8-24-23(17-35)28(21(15-33)16-34)41-32(24,2)3/h8-9,13-14,18H,5-7,10-12H2,1-4H3,(H,37,38)/b9-8+. The summed E-state index contributed by atoms with van der Waals surface area (Å²) >= 11 is 1.48. The van der Waals surface area contributed by atoms with Crippen LogP contribution in [-0.4, -0.2) is 43.0 Å². The summed E-state index contributed by atoms with van der Waals surface area (Å²) in [6, 6.07) is 10.4. The zero-order chi connectivity index (χ0) is 30.2. The van der Waals surface area contributed by atoms with Crippen LogP contribution in [-0.2, 0) is 22.4 Å². The van der Waals surface area contributed by atoms with E-state index in [1.165, 1.54) is 16.9 Å². The van der Waals surface area contributed by atoms with E-state index >= 15 is 0 Å². The van der Waals surface area contributed by atoms with Crippen LogP contribution in [0.5, 0.6) is 11.5 Å². The number of ether oxygens (including phenoxy) is 3. The van der Waals surface area contributed by atoms with Gasteiger partial charge in [0.15, 0.2) is 22.8 Å². The van der Waals surface area contributed by atoms with Gasteiger partial charge in [0.25, 0.3) is 0 Å². The molecule has 1 atom stereocenters. The van der Waals surface area contributed by atoms with E-state index in [0.717, 1.165) is 39.4 Å². The summed E-state index contributed by atoms with van der Waals surface area (Å²) < 4.78 is 18.1. The van der Waals surface area contributed by atoms with Crippen molar-refractivity contribution in [2.75, 3.05) is 25.2 Å². The number of nitriles is 3. The van der Waals surface area contributed by atoms with Crippen LogP contribution in [0.1, 0.15) is 49.6 Å². The van der Waals surface area contributed by atoms with Gasteiger partial charge in [0.2, 0.25) is 0 Å². The molecular weight excluding hydrogens is 552 g/mol. The van der Waals surface area contributed by atoms with Gasteiger partial charge in [-0.2, -0.15) is 15.8 Å². The quantitative estimate of drug-likeness (QED) is 0.411. The van der Waals surface area contributed by atoms with Gasteiger partial charge in [-0.05, 0) is 74.9 Å². The first-order valence-electron chi connectivity index (χ1n) is 13.7. The van der Waals surface area contributed by atoms with Crippen LogP contribution in [0.2, 0.25) is 0 Å². The first kappa shape index (κ1) is 28.8. The molecule has 4 heterocycles. The first-order chi connectivity index (χ1) is 20.1. The van der Waals surface area contributed by atoms with Gasteiger partial charge in [0.1, 0.15) is 42.6 Å². The fourth-order valence-electron chi connectivity index (χ4n) is 5.56. The van der Waals surface area contributed by atoms with Crippen molar-refractivity contribution in [2.45, 2.75) is 58.1 Å². The minimum absolute atomic E-state index is 0.00610. The van der Waals surface area contributed by atoms with E-state index < -0.39 is 11.6 Å². The number of nitrogens with zero attached hydrogens (tertiary/aromatic N) is 4. The Labute approximate surface area is 248 Å². The summed E-state index contributed by atoms with van der Waals surface area (Å²) in [5, 5.41) is 38.1. The maximum atomic E-state index is 11.5. The van der Waals surface area contributed by atoms with E-state index in [2.05, 4.69) is 37.1 Å². The number of aryl methyl sites for hydroxylation is 2. The van der Waals surface area contributed by atoms with Crippen molar-refractivity contribution >= 4 is 29.1 Å². The van der Waals surface area contributed by atoms with E-state index in [4.69, 9.17) is 14.2 Å². The molecule has 1 aromatic carbocycles. The zero-order valence-electron chi connectivity index (χ0n) is 23.9. The second-order valence-electron chi connectivity index (χ2n) is 11.0. The highest BCUT2D eigenvalue weighted by Gasteiger charge is 2.39. The average molecular weight is 583 g/mol. The largest absolute Gasteiger partial charge is 0.485 e. The summed E-state index contributed by atoms with van der Waals surface area (Å²) in [5.41, 5.74) is 3.68. The van der Waals surface area contributed by atoms with E-state index in [1.807, 2.05) is 18.2 Å². The van der Waals surface area contributed by atoms with E-state index in [0.29, 0.717) is 42.7 Å². The van der Waals surface area contributed by atoms with Crippen molar-refractivity contribution in [3.8, 4) is 40.1 Å². The van der Waals surface area contributed by atoms with Gasteiger partial charge in [-0.15, -0.1) is 11.3 Å². The molecule has 0 saturated carbocycles. The number of allylic oxidation sites excluding steroid dienone is 2. The summed E-state index contributed by atoms with van der Waals surface area (Å²) in [4.78, 5) is 15.4. The molecule has 0 radical (unpaired) electrons. The molecule has 10 heteroatoms. The molecule has 5 rings (SSSR count). The molecule has 0 saturated heterocycles. The minimum atomic E-state index is -0.945. The van der Waals surface area contributed by atoms with E-state index in [-0.39, 0.29) is 23.3 Å². The van der Waals surface area contributed by atoms with Crippen LogP contribution in [0.4, 0.5) is 5.69 Å². The Morgan fingerprint density at radius 2 is 1.88 bits per heavy atom. The van der Waals surface area contributed by atoms with Gasteiger partial charge in [0.05, 0.1) is 9.75 Å². The smallest absolute Gasteiger partial charge is 0.303 e. The molecule has 42 heavy (non-hydrogen) atoms. The molecule has 9 nitrogen and oxygen atoms in total. The van der Waals surface area contributed by atoms with Gasteiger partial charge in [-0.1, -0.05) is 6.08 Å². The van der Waals surface area contributed by atoms with Crippen molar-refractivity contribution in [3.05, 3.63) is 56.7 Å². The van der Waals surface area contributed by atoms with Gasteiger partial charge in [-0.3, -0.25) is 4.79 Å². The van der Waals surface area contributed by atoms with Crippen molar-refractivity contribution in [1.29, 1.82) is 15.8 Å². The second-order valence-corrected chi connectivity index (χ2v) is 12.0. The predicted molar refractivity (Wildman–Crippen MR) is 158 cm³/mol. The van der Waals surface area contributed by atoms with Crippen LogP contribution in [0.15, 0.2) is 40.7 Å². The molecular formula is C32H30N4O5S. The number of anilines is 1. The highest BCUT2D eigenvalue weighted by atomic mass is 32.1. The number of thiophene rings is 1. The highest BCUT2D eigenvalue weighted by Crippen LogP contribution is 2.52. The van der Waals surface area contributed by atoms with Crippen LogP contribution in [0.25, 0.3) is 16.5 Å². The Morgan fingerprint density at radius 3 is 2.55 bits per heavy atom. The molecule has 0 bridgehead atoms. The Hall–Kier alpha value is -4.72. The molecule has 0 aliphatic carbocycles. The minimum Gasteiger partial charge on any atom is -0.485 e. The Bertz CT molecular complexity index is 1680. The van der Waals surface area contributed by atoms with Crippen LogP contribution < -0.4 is 14.4 Å². The number of benzene rings is 1. The van der Waals surface area contributed by atoms with Crippen molar-refractivity contribution < 1.29 is 24.1 Å². The van der Waals surface area contributed by atoms with Crippen LogP contribution >= 0.6 is 11.3 Å². The van der Waals surface area contributed by atoms with Crippen molar-refractivity contribution in [2.24, 2.45) is 0 Å². The number of rotatable bonds is 6. The summed E-state index contributed by atoms with van der Waals surface area (Å²) in [7, 11) is 2.07. The van der Waals surface area contributed by atoms with Gasteiger partial charge in [-0.25, -0.2) is 0 Å². The molecule has 1 N–H and O–H groups in total. The number of hydrogen-bond donors (Lipinski definition) is 1. The van der Waals surface area contributed by atoms with E-state index in [9.17, 15) is 25.7 Å². The lowest BCUT2D eigenvalue weighted by Crippen LogP contribution is -2.33. The Morgan fingerprint density at radius 1 is 1.17 bits per heavy atom. The van der Waals surface area contributed by atoms with Gasteiger partial charge >= 0.3 is 5.97 Å². The monoisotopic (exact) mass is 582 g/mol. The third-order valence-electron chi connectivity index (χ3n) is 7.92.